The van der Waals surface area contributed by atoms with Crippen LogP contribution < -0.4 is 0 Å². The predicted molar refractivity (Wildman–Crippen MR) is 65.3 cm³/mol. The summed E-state index contributed by atoms with van der Waals surface area (Å²) in [7, 11) is 0. The summed E-state index contributed by atoms with van der Waals surface area (Å²) in [5, 5.41) is 1.52. The summed E-state index contributed by atoms with van der Waals surface area (Å²) in [6.45, 7) is 0. The summed E-state index contributed by atoms with van der Waals surface area (Å²) in [5.74, 6) is 0. The number of aromatic nitrogens is 2. The fraction of sp³-hybridized carbons (Fsp3) is 0. The van der Waals surface area contributed by atoms with Crippen LogP contribution in [0.3, 0.4) is 0 Å². The van der Waals surface area contributed by atoms with Gasteiger partial charge in [-0.15, -0.1) is 0 Å². The van der Waals surface area contributed by atoms with Crippen molar-refractivity contribution in [3.8, 4) is 0 Å². The predicted octanol–water partition coefficient (Wildman–Crippen LogP) is 4.04. The Morgan fingerprint density at radius 2 is 2.00 bits per heavy atom. The largest absolute Gasteiger partial charge is 0.265 e. The molecular weight excluding hydrogens is 296 g/mol. The average molecular weight is 302 g/mol. The molecule has 0 amide bonds. The smallest absolute Gasteiger partial charge is 0.115 e. The molecule has 0 atom stereocenters. The molecule has 5 heteroatoms. The molecule has 0 saturated carbocycles. The summed E-state index contributed by atoms with van der Waals surface area (Å²) < 4.78 is 0.900. The fourth-order valence-corrected chi connectivity index (χ4v) is 2.62. The summed E-state index contributed by atoms with van der Waals surface area (Å²) >= 11 is 10.8. The molecule has 76 valence electrons. The molecule has 0 unspecified atom stereocenters. The van der Waals surface area contributed by atoms with Gasteiger partial charge in [0.25, 0.3) is 0 Å². The average Bonchev–Trinajstić information content (AvgIpc) is 2.24. The number of pyridine rings is 2. The molecule has 0 aliphatic heterocycles. The molecule has 0 N–H and O–H groups in total. The molecule has 0 bridgehead atoms. The molecule has 15 heavy (non-hydrogen) atoms. The first-order chi connectivity index (χ1) is 7.25. The molecule has 2 aromatic heterocycles. The van der Waals surface area contributed by atoms with E-state index < -0.39 is 0 Å². The van der Waals surface area contributed by atoms with E-state index >= 15 is 0 Å². The first-order valence-electron chi connectivity index (χ1n) is 4.14. The Morgan fingerprint density at radius 1 is 1.27 bits per heavy atom. The van der Waals surface area contributed by atoms with Gasteiger partial charge in [0.1, 0.15) is 5.03 Å². The number of hydrogen-bond donors (Lipinski definition) is 0. The Morgan fingerprint density at radius 3 is 2.67 bits per heavy atom. The van der Waals surface area contributed by atoms with Crippen molar-refractivity contribution in [2.45, 2.75) is 9.92 Å². The summed E-state index contributed by atoms with van der Waals surface area (Å²) in [6, 6.07) is 5.71. The molecule has 0 radical (unpaired) electrons. The molecule has 0 aliphatic rings. The third-order valence-corrected chi connectivity index (χ3v) is 3.74. The van der Waals surface area contributed by atoms with Crippen LogP contribution >= 0.6 is 39.3 Å². The second-order valence-corrected chi connectivity index (χ2v) is 5.08. The van der Waals surface area contributed by atoms with E-state index in [-0.39, 0.29) is 0 Å². The molecule has 0 spiro atoms. The Bertz CT molecular complexity index is 464. The van der Waals surface area contributed by atoms with Crippen LogP contribution in [0.2, 0.25) is 5.02 Å². The van der Waals surface area contributed by atoms with Gasteiger partial charge in [0.15, 0.2) is 0 Å². The van der Waals surface area contributed by atoms with Crippen molar-refractivity contribution in [3.63, 3.8) is 0 Å². The van der Waals surface area contributed by atoms with Crippen molar-refractivity contribution < 1.29 is 0 Å². The monoisotopic (exact) mass is 300 g/mol. The lowest BCUT2D eigenvalue weighted by molar-refractivity contribution is 1.11. The fourth-order valence-electron chi connectivity index (χ4n) is 0.995. The van der Waals surface area contributed by atoms with Gasteiger partial charge in [0, 0.05) is 23.5 Å². The maximum atomic E-state index is 5.81. The molecule has 2 heterocycles. The minimum absolute atomic E-state index is 0.626. The van der Waals surface area contributed by atoms with Crippen LogP contribution in [-0.4, -0.2) is 9.97 Å². The van der Waals surface area contributed by atoms with Gasteiger partial charge in [-0.25, -0.2) is 4.98 Å². The minimum Gasteiger partial charge on any atom is -0.265 e. The molecule has 0 aromatic carbocycles. The van der Waals surface area contributed by atoms with E-state index in [2.05, 4.69) is 25.9 Å². The second kappa shape index (κ2) is 4.96. The van der Waals surface area contributed by atoms with Crippen molar-refractivity contribution in [3.05, 3.63) is 46.3 Å². The highest BCUT2D eigenvalue weighted by molar-refractivity contribution is 9.10. The number of halogens is 2. The molecule has 0 fully saturated rings. The van der Waals surface area contributed by atoms with Gasteiger partial charge in [-0.05, 0) is 34.1 Å². The minimum atomic E-state index is 0.626. The van der Waals surface area contributed by atoms with Crippen LogP contribution in [0, 0.1) is 0 Å². The maximum Gasteiger partial charge on any atom is 0.115 e. The number of nitrogens with zero attached hydrogens (tertiary/aromatic N) is 2. The third-order valence-electron chi connectivity index (χ3n) is 1.64. The maximum absolute atomic E-state index is 5.81. The van der Waals surface area contributed by atoms with E-state index in [0.29, 0.717) is 5.02 Å². The van der Waals surface area contributed by atoms with E-state index in [1.165, 1.54) is 0 Å². The van der Waals surface area contributed by atoms with E-state index in [1.807, 2.05) is 18.2 Å². The number of rotatable bonds is 2. The van der Waals surface area contributed by atoms with Gasteiger partial charge in [-0.2, -0.15) is 0 Å². The van der Waals surface area contributed by atoms with Crippen molar-refractivity contribution in [2.24, 2.45) is 0 Å². The van der Waals surface area contributed by atoms with Crippen molar-refractivity contribution in [1.82, 2.24) is 9.97 Å². The zero-order valence-electron chi connectivity index (χ0n) is 7.52. The summed E-state index contributed by atoms with van der Waals surface area (Å²) in [4.78, 5) is 9.29. The summed E-state index contributed by atoms with van der Waals surface area (Å²) in [5.41, 5.74) is 0. The highest BCUT2D eigenvalue weighted by Crippen LogP contribution is 2.32. The van der Waals surface area contributed by atoms with Crippen molar-refractivity contribution >= 4 is 39.3 Å². The Balaban J connectivity index is 2.25. The van der Waals surface area contributed by atoms with Crippen molar-refractivity contribution in [1.29, 1.82) is 0 Å². The second-order valence-electron chi connectivity index (χ2n) is 2.73. The Hall–Kier alpha value is -0.580. The molecule has 2 aromatic rings. The van der Waals surface area contributed by atoms with Crippen LogP contribution in [0.5, 0.6) is 0 Å². The van der Waals surface area contributed by atoms with Gasteiger partial charge in [-0.3, -0.25) is 4.98 Å². The van der Waals surface area contributed by atoms with E-state index in [4.69, 9.17) is 11.6 Å². The van der Waals surface area contributed by atoms with Crippen LogP contribution in [0.4, 0.5) is 0 Å². The Kier molecular flexibility index (Phi) is 3.61. The van der Waals surface area contributed by atoms with Crippen molar-refractivity contribution in [2.75, 3.05) is 0 Å². The van der Waals surface area contributed by atoms with Crippen LogP contribution in [0.1, 0.15) is 0 Å². The van der Waals surface area contributed by atoms with Crippen LogP contribution in [-0.2, 0) is 0 Å². The lowest BCUT2D eigenvalue weighted by Crippen LogP contribution is -1.82. The molecule has 0 aliphatic carbocycles. The zero-order chi connectivity index (χ0) is 10.7. The highest BCUT2D eigenvalue weighted by Gasteiger charge is 2.04. The van der Waals surface area contributed by atoms with Gasteiger partial charge in [-0.1, -0.05) is 23.4 Å². The number of hydrogen-bond acceptors (Lipinski definition) is 3. The molecule has 0 saturated heterocycles. The quantitative estimate of drug-likeness (QED) is 0.837. The summed E-state index contributed by atoms with van der Waals surface area (Å²) in [6.07, 6.45) is 5.15. The molecule has 2 rings (SSSR count). The lowest BCUT2D eigenvalue weighted by atomic mass is 10.5. The lowest BCUT2D eigenvalue weighted by Gasteiger charge is -2.02. The third kappa shape index (κ3) is 2.93. The highest BCUT2D eigenvalue weighted by atomic mass is 79.9. The van der Waals surface area contributed by atoms with Gasteiger partial charge in [0.05, 0.1) is 9.50 Å². The first kappa shape index (κ1) is 10.9. The van der Waals surface area contributed by atoms with Gasteiger partial charge >= 0.3 is 0 Å². The standard InChI is InChI=1S/C10H6BrClN2S/c11-9-5-7(12)6-14-10(9)15-8-1-3-13-4-2-8/h1-6H. The van der Waals surface area contributed by atoms with Gasteiger partial charge < -0.3 is 0 Å². The zero-order valence-corrected chi connectivity index (χ0v) is 10.7. The van der Waals surface area contributed by atoms with E-state index in [1.54, 1.807) is 30.4 Å². The molecular formula is C10H6BrClN2S. The van der Waals surface area contributed by atoms with E-state index in [9.17, 15) is 0 Å². The van der Waals surface area contributed by atoms with Crippen LogP contribution in [0.15, 0.2) is 51.2 Å². The molecule has 2 nitrogen and oxygen atoms in total. The first-order valence-corrected chi connectivity index (χ1v) is 6.13. The SMILES string of the molecule is Clc1cnc(Sc2ccncc2)c(Br)c1. The normalized spacial score (nSPS) is 10.3. The topological polar surface area (TPSA) is 25.8 Å². The van der Waals surface area contributed by atoms with Gasteiger partial charge in [0.2, 0.25) is 0 Å². The van der Waals surface area contributed by atoms with Crippen LogP contribution in [0.25, 0.3) is 0 Å². The Labute approximate surface area is 105 Å². The van der Waals surface area contributed by atoms with E-state index in [0.717, 1.165) is 14.4 Å².